The summed E-state index contributed by atoms with van der Waals surface area (Å²) in [6.07, 6.45) is 0. The van der Waals surface area contributed by atoms with Gasteiger partial charge < -0.3 is 0 Å². The molecule has 0 aliphatic rings. The van der Waals surface area contributed by atoms with E-state index in [1.165, 1.54) is 0 Å². The van der Waals surface area contributed by atoms with E-state index in [1.807, 2.05) is 0 Å². The lowest BCUT2D eigenvalue weighted by molar-refractivity contribution is 0.381. The fourth-order valence-corrected chi connectivity index (χ4v) is 4.40. The molecule has 13 heteroatoms. The molecule has 0 spiro atoms. The van der Waals surface area contributed by atoms with Gasteiger partial charge in [-0.3, -0.25) is 0 Å². The Labute approximate surface area is 207 Å². The Hall–Kier alpha value is -4.29. The molecular weight excluding hydrogens is 559 g/mol. The minimum Gasteiger partial charge on any atom is -0.207 e. The molecule has 0 heterocycles. The van der Waals surface area contributed by atoms with Crippen molar-refractivity contribution in [3.05, 3.63) is 106 Å². The zero-order valence-electron chi connectivity index (χ0n) is 18.3. The van der Waals surface area contributed by atoms with E-state index in [4.69, 9.17) is 0 Å². The van der Waals surface area contributed by atoms with Gasteiger partial charge in [-0.2, -0.15) is 0 Å². The van der Waals surface area contributed by atoms with Crippen LogP contribution in [0.3, 0.4) is 0 Å². The second-order valence-electron chi connectivity index (χ2n) is 8.14. The van der Waals surface area contributed by atoms with Crippen molar-refractivity contribution in [1.82, 2.24) is 0 Å². The largest absolute Gasteiger partial charge is 0.207 e. The molecule has 0 aliphatic heterocycles. The van der Waals surface area contributed by atoms with Crippen LogP contribution in [0.1, 0.15) is 0 Å². The van der Waals surface area contributed by atoms with E-state index >= 15 is 8.78 Å². The zero-order chi connectivity index (χ0) is 28.7. The third-order valence-corrected chi connectivity index (χ3v) is 6.02. The van der Waals surface area contributed by atoms with Crippen molar-refractivity contribution in [3.8, 4) is 22.3 Å². The summed E-state index contributed by atoms with van der Waals surface area (Å²) in [4.78, 5) is 0. The van der Waals surface area contributed by atoms with Gasteiger partial charge in [0, 0.05) is 21.9 Å². The third-order valence-electron chi connectivity index (χ3n) is 6.02. The van der Waals surface area contributed by atoms with E-state index in [9.17, 15) is 48.3 Å². The van der Waals surface area contributed by atoms with Crippen LogP contribution < -0.4 is 0 Å². The molecule has 0 saturated carbocycles. The molecule has 0 atom stereocenters. The molecule has 0 nitrogen and oxygen atoms in total. The summed E-state index contributed by atoms with van der Waals surface area (Å²) in [6, 6.07) is 2.01. The van der Waals surface area contributed by atoms with Crippen LogP contribution in [-0.4, -0.2) is 0 Å². The molecular formula is C26H5F13. The first-order valence-corrected chi connectivity index (χ1v) is 10.3. The third kappa shape index (κ3) is 3.62. The Bertz CT molecular complexity index is 1840. The van der Waals surface area contributed by atoms with E-state index in [2.05, 4.69) is 0 Å². The van der Waals surface area contributed by atoms with Gasteiger partial charge in [-0.15, -0.1) is 0 Å². The van der Waals surface area contributed by atoms with Gasteiger partial charge in [0.15, 0.2) is 64.0 Å². The molecule has 0 aromatic heterocycles. The maximum atomic E-state index is 15.3. The standard InChI is InChI=1S/C26H5F13/c27-7-1-2-8-9(5-7)13(16-20(33)24(37)26(39)25(38)21(16)34)15-14(18(31)22(35)23(36)19(15)32)12(8)6-3-10(28)17(30)11(29)4-6/h1-5H. The molecule has 5 aromatic rings. The molecule has 0 amide bonds. The SMILES string of the molecule is Fc1ccc2c(-c3cc(F)c(F)c(F)c3)c3c(F)c(F)c(F)c(F)c3c(-c3c(F)c(F)c(F)c(F)c3F)c2c1. The van der Waals surface area contributed by atoms with Crippen molar-refractivity contribution in [2.75, 3.05) is 0 Å². The Kier molecular flexibility index (Phi) is 6.00. The van der Waals surface area contributed by atoms with E-state index in [1.54, 1.807) is 0 Å². The Morgan fingerprint density at radius 2 is 0.769 bits per heavy atom. The summed E-state index contributed by atoms with van der Waals surface area (Å²) in [6.45, 7) is 0. The topological polar surface area (TPSA) is 0 Å². The minimum absolute atomic E-state index is 0.215. The number of halogens is 13. The predicted octanol–water partition coefficient (Wildman–Crippen LogP) is 9.14. The van der Waals surface area contributed by atoms with Crippen LogP contribution in [0.25, 0.3) is 43.8 Å². The number of hydrogen-bond acceptors (Lipinski definition) is 0. The van der Waals surface area contributed by atoms with Gasteiger partial charge in [0.1, 0.15) is 5.82 Å². The van der Waals surface area contributed by atoms with E-state index in [0.717, 1.165) is 0 Å². The van der Waals surface area contributed by atoms with Crippen LogP contribution in [0.15, 0.2) is 30.3 Å². The monoisotopic (exact) mass is 564 g/mol. The van der Waals surface area contributed by atoms with Crippen molar-refractivity contribution in [1.29, 1.82) is 0 Å². The highest BCUT2D eigenvalue weighted by Gasteiger charge is 2.34. The first-order valence-electron chi connectivity index (χ1n) is 10.3. The molecule has 0 unspecified atom stereocenters. The zero-order valence-corrected chi connectivity index (χ0v) is 18.3. The molecule has 0 bridgehead atoms. The number of hydrogen-bond donors (Lipinski definition) is 0. The number of benzene rings is 5. The summed E-state index contributed by atoms with van der Waals surface area (Å²) in [5.41, 5.74) is -5.31. The predicted molar refractivity (Wildman–Crippen MR) is 112 cm³/mol. The molecule has 0 N–H and O–H groups in total. The lowest BCUT2D eigenvalue weighted by Gasteiger charge is -2.20. The van der Waals surface area contributed by atoms with Crippen LogP contribution in [0.4, 0.5) is 57.1 Å². The summed E-state index contributed by atoms with van der Waals surface area (Å²) in [7, 11) is 0. The van der Waals surface area contributed by atoms with Gasteiger partial charge >= 0.3 is 0 Å². The van der Waals surface area contributed by atoms with Crippen molar-refractivity contribution in [3.63, 3.8) is 0 Å². The average Bonchev–Trinajstić information content (AvgIpc) is 2.90. The second kappa shape index (κ2) is 8.89. The van der Waals surface area contributed by atoms with Gasteiger partial charge in [-0.25, -0.2) is 57.1 Å². The summed E-state index contributed by atoms with van der Waals surface area (Å²) >= 11 is 0. The normalized spacial score (nSPS) is 11.7. The summed E-state index contributed by atoms with van der Waals surface area (Å²) in [5, 5.41) is -4.85. The molecule has 0 aliphatic carbocycles. The number of fused-ring (bicyclic) bond motifs is 2. The summed E-state index contributed by atoms with van der Waals surface area (Å²) < 4.78 is 187. The fraction of sp³-hybridized carbons (Fsp3) is 0. The van der Waals surface area contributed by atoms with Gasteiger partial charge in [0.05, 0.1) is 5.56 Å². The highest BCUT2D eigenvalue weighted by atomic mass is 19.2. The highest BCUT2D eigenvalue weighted by molar-refractivity contribution is 6.21. The second-order valence-corrected chi connectivity index (χ2v) is 8.14. The maximum absolute atomic E-state index is 15.3. The average molecular weight is 564 g/mol. The van der Waals surface area contributed by atoms with Gasteiger partial charge in [0.25, 0.3) is 0 Å². The lowest BCUT2D eigenvalue weighted by Crippen LogP contribution is -2.08. The van der Waals surface area contributed by atoms with E-state index in [-0.39, 0.29) is 12.1 Å². The molecule has 200 valence electrons. The molecule has 0 saturated heterocycles. The molecule has 39 heavy (non-hydrogen) atoms. The summed E-state index contributed by atoms with van der Waals surface area (Å²) in [5.74, 6) is -30.1. The molecule has 5 aromatic carbocycles. The van der Waals surface area contributed by atoms with E-state index < -0.39 is 119 Å². The van der Waals surface area contributed by atoms with Crippen LogP contribution in [0, 0.1) is 75.6 Å². The lowest BCUT2D eigenvalue weighted by atomic mass is 9.84. The van der Waals surface area contributed by atoms with Crippen LogP contribution in [0.2, 0.25) is 0 Å². The van der Waals surface area contributed by atoms with E-state index in [0.29, 0.717) is 18.2 Å². The Morgan fingerprint density at radius 1 is 0.333 bits per heavy atom. The quantitative estimate of drug-likeness (QED) is 0.0869. The van der Waals surface area contributed by atoms with Crippen molar-refractivity contribution in [2.24, 2.45) is 0 Å². The Morgan fingerprint density at radius 3 is 1.28 bits per heavy atom. The molecule has 5 rings (SSSR count). The van der Waals surface area contributed by atoms with Gasteiger partial charge in [0.2, 0.25) is 5.82 Å². The van der Waals surface area contributed by atoms with Gasteiger partial charge in [-0.05, 0) is 40.6 Å². The van der Waals surface area contributed by atoms with Crippen molar-refractivity contribution in [2.45, 2.75) is 0 Å². The maximum Gasteiger partial charge on any atom is 0.200 e. The first kappa shape index (κ1) is 26.3. The molecule has 0 radical (unpaired) electrons. The Balaban J connectivity index is 2.19. The highest BCUT2D eigenvalue weighted by Crippen LogP contribution is 2.48. The smallest absolute Gasteiger partial charge is 0.200 e. The van der Waals surface area contributed by atoms with Gasteiger partial charge in [-0.1, -0.05) is 6.07 Å². The molecule has 0 fully saturated rings. The number of rotatable bonds is 2. The van der Waals surface area contributed by atoms with Crippen molar-refractivity contribution >= 4 is 21.5 Å². The first-order chi connectivity index (χ1) is 18.3. The van der Waals surface area contributed by atoms with Crippen LogP contribution in [-0.2, 0) is 0 Å². The van der Waals surface area contributed by atoms with Crippen molar-refractivity contribution < 1.29 is 57.1 Å². The minimum atomic E-state index is -2.66. The van der Waals surface area contributed by atoms with Crippen LogP contribution in [0.5, 0.6) is 0 Å². The van der Waals surface area contributed by atoms with Crippen LogP contribution >= 0.6 is 0 Å². The fourth-order valence-electron chi connectivity index (χ4n) is 4.40.